The van der Waals surface area contributed by atoms with E-state index >= 15 is 0 Å². The summed E-state index contributed by atoms with van der Waals surface area (Å²) in [6, 6.07) is 0. The first-order valence-electron chi connectivity index (χ1n) is 30.3. The number of H-pyrrole nitrogens is 4. The molecule has 0 radical (unpaired) electrons. The van der Waals surface area contributed by atoms with E-state index in [9.17, 15) is 38.4 Å². The van der Waals surface area contributed by atoms with Gasteiger partial charge in [-0.2, -0.15) is 0 Å². The summed E-state index contributed by atoms with van der Waals surface area (Å²) in [5.41, 5.74) is 15.8. The van der Waals surface area contributed by atoms with Gasteiger partial charge in [-0.05, 0) is 186 Å². The van der Waals surface area contributed by atoms with Crippen LogP contribution in [0.5, 0.6) is 0 Å². The number of carbonyl (C=O) groups is 8. The van der Waals surface area contributed by atoms with Crippen molar-refractivity contribution in [3.05, 3.63) is 170 Å². The number of methoxy groups -OCH3 is 5. The molecule has 4 amide bonds. The molecule has 482 valence electrons. The summed E-state index contributed by atoms with van der Waals surface area (Å²) in [5.74, 6) is -3.39. The molecule has 0 unspecified atom stereocenters. The monoisotopic (exact) mass is 1250 g/mol. The van der Waals surface area contributed by atoms with Gasteiger partial charge in [-0.15, -0.1) is 0 Å². The molecular formula is C71H80N8O13. The topological polar surface area (TPSA) is 295 Å². The molecule has 8 heterocycles. The molecule has 4 aromatic rings. The zero-order chi connectivity index (χ0) is 67.2. The molecule has 21 heteroatoms. The summed E-state index contributed by atoms with van der Waals surface area (Å²) >= 11 is 0. The molecular weight excluding hydrogens is 1170 g/mol. The number of rotatable bonds is 25. The van der Waals surface area contributed by atoms with Crippen LogP contribution in [0.15, 0.2) is 91.3 Å². The summed E-state index contributed by atoms with van der Waals surface area (Å²) in [4.78, 5) is 127. The maximum absolute atomic E-state index is 14.1. The average molecular weight is 1250 g/mol. The molecule has 0 saturated heterocycles. The highest BCUT2D eigenvalue weighted by Gasteiger charge is 2.35. The van der Waals surface area contributed by atoms with Gasteiger partial charge < -0.3 is 54.3 Å². The highest BCUT2D eigenvalue weighted by Crippen LogP contribution is 2.34. The van der Waals surface area contributed by atoms with Crippen LogP contribution in [-0.2, 0) is 87.7 Å². The molecule has 6 N–H and O–H groups in total. The minimum Gasteiger partial charge on any atom is -0.469 e. The van der Waals surface area contributed by atoms with Crippen molar-refractivity contribution in [1.82, 2.24) is 30.6 Å². The smallest absolute Gasteiger partial charge is 0.305 e. The number of aliphatic imine (C=N–C) groups is 2. The van der Waals surface area contributed by atoms with Crippen molar-refractivity contribution in [3.63, 3.8) is 0 Å². The van der Waals surface area contributed by atoms with Crippen molar-refractivity contribution in [3.8, 4) is 0 Å². The maximum Gasteiger partial charge on any atom is 0.305 e. The van der Waals surface area contributed by atoms with Gasteiger partial charge in [-0.1, -0.05) is 32.2 Å². The summed E-state index contributed by atoms with van der Waals surface area (Å²) in [6.45, 7) is 24.5. The number of nitrogens with zero attached hydrogens (tertiary/aromatic N) is 2. The second-order valence-corrected chi connectivity index (χ2v) is 23.2. The highest BCUT2D eigenvalue weighted by atomic mass is 16.5. The number of nitrogens with one attached hydrogen (secondary N) is 6. The predicted octanol–water partition coefficient (Wildman–Crippen LogP) is 6.16. The molecule has 8 rings (SSSR count). The third kappa shape index (κ3) is 14.1. The number of ether oxygens (including phenoxy) is 5. The number of hydrogen-bond donors (Lipinski definition) is 6. The lowest BCUT2D eigenvalue weighted by Crippen LogP contribution is -2.24. The number of allylic oxidation sites excluding steroid dienone is 4. The largest absolute Gasteiger partial charge is 0.469 e. The lowest BCUT2D eigenvalue weighted by Gasteiger charge is -2.21. The van der Waals surface area contributed by atoms with Gasteiger partial charge in [0.15, 0.2) is 0 Å². The van der Waals surface area contributed by atoms with E-state index in [-0.39, 0.29) is 55.9 Å². The number of aromatic amines is 4. The Bertz CT molecular complexity index is 4380. The first-order chi connectivity index (χ1) is 43.8. The van der Waals surface area contributed by atoms with Crippen LogP contribution in [0, 0.1) is 33.6 Å². The molecule has 0 fully saturated rings. The van der Waals surface area contributed by atoms with Gasteiger partial charge >= 0.3 is 23.9 Å². The van der Waals surface area contributed by atoms with Crippen LogP contribution >= 0.6 is 0 Å². The minimum atomic E-state index is -0.783. The quantitative estimate of drug-likeness (QED) is 0.0321. The second kappa shape index (κ2) is 28.9. The SMILES string of the molecule is C=CC1=C(C)C(=O)N/C1=C\c1[nH]c(/C=c2\[nH]/c(=C\C3=NC(=O)C([C@H](C)C[C@@H](OC)C4=C(C)C(/C=c5/[nH]/c(=C\c6[nH]c(/C=C7\NC(=O)C(C)=C7C=C)c(C)c6CCC(=O)OC)c(CCC(=O)OC)c5C)=NC4=O)=C3C)c(C)c2CCC(=O)OC)c(CCC(=O)OC)c1C. The molecule has 0 aromatic carbocycles. The molecule has 4 aromatic heterocycles. The molecule has 21 nitrogen and oxygen atoms in total. The molecule has 0 spiro atoms. The van der Waals surface area contributed by atoms with E-state index in [1.807, 2.05) is 71.9 Å². The van der Waals surface area contributed by atoms with Crippen LogP contribution in [0.25, 0.3) is 36.5 Å². The van der Waals surface area contributed by atoms with Crippen LogP contribution in [0.1, 0.15) is 134 Å². The van der Waals surface area contributed by atoms with E-state index in [1.54, 1.807) is 39.0 Å². The first kappa shape index (κ1) is 67.9. The maximum atomic E-state index is 14.1. The fraction of sp³-hybridized carbons (Fsp3) is 0.352. The lowest BCUT2D eigenvalue weighted by molar-refractivity contribution is -0.141. The van der Waals surface area contributed by atoms with E-state index < -0.39 is 35.8 Å². The van der Waals surface area contributed by atoms with Gasteiger partial charge in [0, 0.05) is 105 Å². The van der Waals surface area contributed by atoms with Gasteiger partial charge in [-0.25, -0.2) is 9.98 Å². The van der Waals surface area contributed by atoms with Crippen LogP contribution in [0.3, 0.4) is 0 Å². The Morgan fingerprint density at radius 3 is 1.16 bits per heavy atom. The van der Waals surface area contributed by atoms with E-state index in [2.05, 4.69) is 53.7 Å². The number of esters is 4. The molecule has 0 aliphatic carbocycles. The van der Waals surface area contributed by atoms with Crippen molar-refractivity contribution in [2.24, 2.45) is 15.9 Å². The molecule has 4 aliphatic heterocycles. The van der Waals surface area contributed by atoms with E-state index in [4.69, 9.17) is 23.7 Å². The van der Waals surface area contributed by atoms with Gasteiger partial charge in [0.2, 0.25) is 0 Å². The Hall–Kier alpha value is -10.0. The van der Waals surface area contributed by atoms with Gasteiger partial charge in [0.05, 0.1) is 62.9 Å². The first-order valence-corrected chi connectivity index (χ1v) is 30.3. The minimum absolute atomic E-state index is 0.0726. The van der Waals surface area contributed by atoms with Crippen LogP contribution < -0.4 is 32.0 Å². The third-order valence-electron chi connectivity index (χ3n) is 17.9. The fourth-order valence-electron chi connectivity index (χ4n) is 12.3. The zero-order valence-electron chi connectivity index (χ0n) is 54.8. The van der Waals surface area contributed by atoms with Crippen LogP contribution in [0.4, 0.5) is 0 Å². The normalized spacial score (nSPS) is 17.5. The highest BCUT2D eigenvalue weighted by molar-refractivity contribution is 6.32. The number of aromatic nitrogens is 4. The van der Waals surface area contributed by atoms with E-state index in [1.165, 1.54) is 35.5 Å². The Balaban J connectivity index is 1.13. The van der Waals surface area contributed by atoms with Gasteiger partial charge in [0.25, 0.3) is 23.6 Å². The Morgan fingerprint density at radius 1 is 0.446 bits per heavy atom. The van der Waals surface area contributed by atoms with Crippen molar-refractivity contribution in [2.75, 3.05) is 35.5 Å². The summed E-state index contributed by atoms with van der Waals surface area (Å²) in [5, 5.41) is 8.42. The number of hydrogen-bond acceptors (Lipinski definition) is 13. The van der Waals surface area contributed by atoms with Gasteiger partial charge in [-0.3, -0.25) is 38.4 Å². The summed E-state index contributed by atoms with van der Waals surface area (Å²) < 4.78 is 26.1. The fourth-order valence-corrected chi connectivity index (χ4v) is 12.3. The predicted molar refractivity (Wildman–Crippen MR) is 351 cm³/mol. The summed E-state index contributed by atoms with van der Waals surface area (Å²) in [7, 11) is 6.85. The van der Waals surface area contributed by atoms with E-state index in [0.717, 1.165) is 44.5 Å². The molecule has 92 heavy (non-hydrogen) atoms. The van der Waals surface area contributed by atoms with Crippen LogP contribution in [0.2, 0.25) is 0 Å². The third-order valence-corrected chi connectivity index (χ3v) is 17.9. The van der Waals surface area contributed by atoms with Crippen LogP contribution in [-0.4, -0.2) is 121 Å². The summed E-state index contributed by atoms with van der Waals surface area (Å²) in [6.07, 6.45) is 15.4. The number of amides is 4. The molecule has 0 bridgehead atoms. The van der Waals surface area contributed by atoms with Gasteiger partial charge in [0.1, 0.15) is 0 Å². The van der Waals surface area contributed by atoms with Crippen molar-refractivity contribution in [1.29, 1.82) is 0 Å². The Kier molecular flexibility index (Phi) is 21.3. The van der Waals surface area contributed by atoms with E-state index in [0.29, 0.717) is 137 Å². The lowest BCUT2D eigenvalue weighted by atomic mass is 9.87. The van der Waals surface area contributed by atoms with Crippen molar-refractivity contribution >= 4 is 95.4 Å². The van der Waals surface area contributed by atoms with Crippen molar-refractivity contribution in [2.45, 2.75) is 126 Å². The standard InChI is InChI=1S/C71H80N8O13/c1-17-43-39(8)68(84)78-55(43)30-51-37(6)47(21-25-64(82)91-15)59(74-51)32-57-45(19-23-62(80)89-13)35(4)49(72-57)28-53-41(10)66(70(86)76-53)34(3)27-61(88-12)67-42(11)54(77-71(67)87)29-50-36(5)46(20-24-63(81)90-14)58(73-50)33-60-48(22-26-65(83)92-16)38(7)52(75-60)31-56-44(18-2)40(9)69(85)79-56/h17-18,28-34,61,72-75H,1-2,19-27H2,3-16H3,(H,78,84)(H,79,85)/b49-28-,50-29+,55-30-,56-31-,57-32-,58-33-/t34-,61-/m1/s1. The molecule has 0 saturated carbocycles. The second-order valence-electron chi connectivity index (χ2n) is 23.2. The average Bonchev–Trinajstić information content (AvgIpc) is 1.65. The molecule has 4 aliphatic rings. The molecule has 2 atom stereocenters. The number of carbonyl (C=O) groups excluding carboxylic acids is 8. The Labute approximate surface area is 533 Å². The van der Waals surface area contributed by atoms with Crippen molar-refractivity contribution < 1.29 is 62.0 Å². The Morgan fingerprint density at radius 2 is 0.804 bits per heavy atom. The zero-order valence-corrected chi connectivity index (χ0v) is 54.8.